The highest BCUT2D eigenvalue weighted by molar-refractivity contribution is 5.96. The fraction of sp³-hybridized carbons (Fsp3) is 0.186. The van der Waals surface area contributed by atoms with Crippen LogP contribution in [0.1, 0.15) is 117 Å². The molecule has 0 saturated carbocycles. The van der Waals surface area contributed by atoms with Gasteiger partial charge in [-0.25, -0.2) is 19.7 Å². The van der Waals surface area contributed by atoms with Gasteiger partial charge in [0.15, 0.2) is 17.1 Å². The number of nitrogens with two attached hydrogens (primary N) is 4. The van der Waals surface area contributed by atoms with Crippen molar-refractivity contribution in [2.75, 3.05) is 24.4 Å². The summed E-state index contributed by atoms with van der Waals surface area (Å²) in [6.07, 6.45) is -7.06. The van der Waals surface area contributed by atoms with Crippen molar-refractivity contribution in [3.8, 4) is 18.2 Å². The van der Waals surface area contributed by atoms with Gasteiger partial charge in [-0.2, -0.15) is 70.6 Å². The first-order valence-electron chi connectivity index (χ1n) is 31.2. The lowest BCUT2D eigenvalue weighted by Gasteiger charge is -2.08. The van der Waals surface area contributed by atoms with E-state index in [1.54, 1.807) is 98.8 Å². The number of carboxylic acid groups (broad SMARTS) is 1. The van der Waals surface area contributed by atoms with E-state index in [4.69, 9.17) is 34.7 Å². The number of carbonyl (C=O) groups is 3. The minimum Gasteiger partial charge on any atom is -0.478 e. The highest BCUT2D eigenvalue weighted by Gasteiger charge is 2.33. The number of nitrogen functional groups attached to an aromatic ring is 3. The van der Waals surface area contributed by atoms with Gasteiger partial charge in [-0.3, -0.25) is 43.0 Å². The fourth-order valence-corrected chi connectivity index (χ4v) is 10.1. The van der Waals surface area contributed by atoms with E-state index in [1.807, 2.05) is 25.1 Å². The van der Waals surface area contributed by atoms with Crippen molar-refractivity contribution in [1.82, 2.24) is 69.9 Å². The van der Waals surface area contributed by atoms with Gasteiger partial charge >= 0.3 is 24.5 Å². The molecule has 0 bridgehead atoms. The Balaban J connectivity index is 0.000000207. The van der Waals surface area contributed by atoms with Gasteiger partial charge in [0.1, 0.15) is 41.2 Å². The van der Waals surface area contributed by atoms with E-state index in [-0.39, 0.29) is 78.9 Å². The summed E-state index contributed by atoms with van der Waals surface area (Å²) in [5.74, 6) is -0.956. The van der Waals surface area contributed by atoms with Crippen LogP contribution in [0.3, 0.4) is 0 Å². The first-order chi connectivity index (χ1) is 50.2. The number of alkyl halides is 10. The zero-order valence-corrected chi connectivity index (χ0v) is 56.5. The number of aromatic carboxylic acids is 1. The second kappa shape index (κ2) is 34.6. The van der Waals surface area contributed by atoms with Crippen LogP contribution in [0.4, 0.5) is 61.4 Å². The molecule has 0 aliphatic heterocycles. The van der Waals surface area contributed by atoms with Gasteiger partial charge in [0.2, 0.25) is 0 Å². The predicted octanol–water partition coefficient (Wildman–Crippen LogP) is 11.7. The molecular weight excluding hydrogens is 1420 g/mol. The van der Waals surface area contributed by atoms with Gasteiger partial charge in [0.05, 0.1) is 72.5 Å². The number of aromatic nitrogens is 12. The molecule has 0 aliphatic rings. The monoisotopic (exact) mass is 1480 g/mol. The minimum atomic E-state index is -4.50. The summed E-state index contributed by atoms with van der Waals surface area (Å²) in [5.41, 5.74) is 27.2. The Hall–Kier alpha value is -13.2. The van der Waals surface area contributed by atoms with E-state index in [2.05, 4.69) is 55.8 Å². The van der Waals surface area contributed by atoms with Gasteiger partial charge in [0, 0.05) is 90.1 Å². The first kappa shape index (κ1) is 78.5. The number of rotatable bonds is 14. The maximum absolute atomic E-state index is 13.0. The first-order valence-corrected chi connectivity index (χ1v) is 30.5. The maximum Gasteiger partial charge on any atom is 0.417 e. The number of hydrogen-bond donors (Lipinski definition) is 7. The van der Waals surface area contributed by atoms with Crippen molar-refractivity contribution < 1.29 is 64.8 Å². The van der Waals surface area contributed by atoms with Crippen LogP contribution >= 0.6 is 12.4 Å². The molecule has 0 atom stereocenters. The SMILES string of the molecule is Cc1nc(N)ccc1CN.Cc1nc(N)ccc1CNC(=O)c1cn(Cc2ccc3ncc(C(F)(F)F)cc3c2)nc1C#N.Cc1nc(N)ccc1CNC(=O)c1cn(Cc2ccc3ncc(C(F)(F)F)cc3c2)nc1C#N.Cl.N#Cc1nn(Cc2ccc3ncc(C(F)(F)F)cc3c2)cc1C(=O)O.[2H]CF. The van der Waals surface area contributed by atoms with Gasteiger partial charge in [-0.15, -0.1) is 12.4 Å². The Labute approximate surface area is 602 Å². The van der Waals surface area contributed by atoms with Crippen molar-refractivity contribution >= 4 is 80.4 Å². The summed E-state index contributed by atoms with van der Waals surface area (Å²) in [6, 6.07) is 33.5. The van der Waals surface area contributed by atoms with Crippen molar-refractivity contribution in [2.45, 2.75) is 78.6 Å². The Morgan fingerprint density at radius 1 is 0.491 bits per heavy atom. The summed E-state index contributed by atoms with van der Waals surface area (Å²) < 4.78 is 136. The standard InChI is InChI=1S/2C23H18F3N7O.C16H9F3N4O2.C7H11N3.CH3F.ClH/c2*1-13-15(3-5-21(28)31-13)9-30-22(34)18-12-33(32-20(18)8-27)11-14-2-4-19-16(6-14)7-17(10-29-19)23(24,25)26;17-16(18,19)11-4-10-3-9(1-2-13(10)21-6-11)7-23-8-12(15(24)25)14(5-20)22-23;1-5-6(4-8)2-3-7(9)10-5;1-2;/h2*2-7,10,12H,9,11H2,1H3,(H2,28,31)(H,30,34);1-4,6,8H,7H2,(H,24,25);2-3H,4,8H2,1H3,(H2,9,10);1H3;1H/i;;;;1D;. The van der Waals surface area contributed by atoms with Crippen molar-refractivity contribution in [2.24, 2.45) is 5.73 Å². The van der Waals surface area contributed by atoms with Gasteiger partial charge in [-0.1, -0.05) is 36.4 Å². The number of nitrogens with zero attached hydrogens (tertiary/aromatic N) is 15. The molecule has 546 valence electrons. The highest BCUT2D eigenvalue weighted by atomic mass is 35.5. The third-order valence-electron chi connectivity index (χ3n) is 15.3. The summed E-state index contributed by atoms with van der Waals surface area (Å²) >= 11 is 0. The minimum absolute atomic E-state index is 0. The molecule has 12 rings (SSSR count). The van der Waals surface area contributed by atoms with Gasteiger partial charge in [0.25, 0.3) is 11.8 Å². The second-order valence-electron chi connectivity index (χ2n) is 22.7. The van der Waals surface area contributed by atoms with Crippen LogP contribution in [-0.4, -0.2) is 89.3 Å². The zero-order valence-electron chi connectivity index (χ0n) is 56.7. The van der Waals surface area contributed by atoms with Crippen LogP contribution in [0.2, 0.25) is 0 Å². The Bertz CT molecular complexity index is 5160. The van der Waals surface area contributed by atoms with Gasteiger partial charge < -0.3 is 38.7 Å². The molecule has 25 nitrogen and oxygen atoms in total. The van der Waals surface area contributed by atoms with Crippen LogP contribution < -0.4 is 33.6 Å². The molecule has 12 aromatic rings. The molecule has 0 fully saturated rings. The molecule has 0 aliphatic carbocycles. The molecule has 0 spiro atoms. The number of carbonyl (C=O) groups excluding carboxylic acids is 2. The Kier molecular flexibility index (Phi) is 25.7. The van der Waals surface area contributed by atoms with Crippen LogP contribution in [0, 0.1) is 54.8 Å². The van der Waals surface area contributed by atoms with Crippen LogP contribution in [0.5, 0.6) is 0 Å². The lowest BCUT2D eigenvalue weighted by Crippen LogP contribution is -2.23. The van der Waals surface area contributed by atoms with E-state index < -0.39 is 60.2 Å². The van der Waals surface area contributed by atoms with Crippen LogP contribution in [-0.2, 0) is 57.8 Å². The second-order valence-corrected chi connectivity index (χ2v) is 22.7. The molecule has 3 aromatic carbocycles. The highest BCUT2D eigenvalue weighted by Crippen LogP contribution is 2.34. The van der Waals surface area contributed by atoms with Crippen LogP contribution in [0.25, 0.3) is 32.7 Å². The molecule has 9 aromatic heterocycles. The molecule has 106 heavy (non-hydrogen) atoms. The topological polar surface area (TPSA) is 402 Å². The number of aryl methyl sites for hydroxylation is 3. The number of anilines is 3. The molecule has 2 amide bonds. The van der Waals surface area contributed by atoms with E-state index in [0.29, 0.717) is 84.8 Å². The average molecular weight is 1490 g/mol. The summed E-state index contributed by atoms with van der Waals surface area (Å²) in [7, 11) is -1.00. The number of carboxylic acids is 1. The summed E-state index contributed by atoms with van der Waals surface area (Å²) in [5, 5.41) is 55.3. The van der Waals surface area contributed by atoms with E-state index in [9.17, 15) is 68.8 Å². The zero-order chi connectivity index (χ0) is 77.4. The predicted molar refractivity (Wildman–Crippen MR) is 370 cm³/mol. The normalized spacial score (nSPS) is 11.1. The van der Waals surface area contributed by atoms with Crippen molar-refractivity contribution in [3.05, 3.63) is 247 Å². The third-order valence-corrected chi connectivity index (χ3v) is 15.3. The van der Waals surface area contributed by atoms with E-state index in [1.165, 1.54) is 38.7 Å². The Morgan fingerprint density at radius 2 is 0.783 bits per heavy atom. The number of pyridine rings is 6. The molecule has 0 saturated heterocycles. The molecular formula is C70H60ClF10N21O4. The lowest BCUT2D eigenvalue weighted by molar-refractivity contribution is -0.138. The molecule has 0 unspecified atom stereocenters. The number of nitrogens with one attached hydrogen (secondary N) is 2. The van der Waals surface area contributed by atoms with E-state index in [0.717, 1.165) is 59.2 Å². The molecule has 36 heteroatoms. The van der Waals surface area contributed by atoms with E-state index >= 15 is 0 Å². The quantitative estimate of drug-likeness (QED) is 0.0497. The number of benzene rings is 3. The van der Waals surface area contributed by atoms with Crippen molar-refractivity contribution in [3.63, 3.8) is 0 Å². The van der Waals surface area contributed by atoms with Gasteiger partial charge in [-0.05, 0) is 127 Å². The van der Waals surface area contributed by atoms with Crippen molar-refractivity contribution in [1.29, 1.82) is 15.8 Å². The lowest BCUT2D eigenvalue weighted by atomic mass is 10.1. The third kappa shape index (κ3) is 20.8. The number of fused-ring (bicyclic) bond motifs is 3. The summed E-state index contributed by atoms with van der Waals surface area (Å²) in [4.78, 5) is 60.2. The molecule has 0 radical (unpaired) electrons. The Morgan fingerprint density at radius 3 is 1.05 bits per heavy atom. The fourth-order valence-electron chi connectivity index (χ4n) is 10.1. The molecule has 9 heterocycles. The largest absolute Gasteiger partial charge is 0.478 e. The number of halogens is 11. The number of hydrogen-bond acceptors (Lipinski definition) is 19. The van der Waals surface area contributed by atoms with Crippen LogP contribution in [0.15, 0.2) is 146 Å². The smallest absolute Gasteiger partial charge is 0.417 e. The number of nitriles is 3. The summed E-state index contributed by atoms with van der Waals surface area (Å²) in [6.45, 7) is 6.75. The average Bonchev–Trinajstić information content (AvgIpc) is 1.61. The number of amides is 2. The molecule has 11 N–H and O–H groups in total. The maximum atomic E-state index is 13.0.